The number of hydrogen-bond donors (Lipinski definition) is 1. The first-order chi connectivity index (χ1) is 7.74. The highest BCUT2D eigenvalue weighted by Gasteiger charge is 2.08. The molecule has 5 heteroatoms. The van der Waals surface area contributed by atoms with Crippen LogP contribution in [0, 0.1) is 6.92 Å². The minimum Gasteiger partial charge on any atom is -0.290 e. The Morgan fingerprint density at radius 2 is 2.25 bits per heavy atom. The zero-order valence-corrected chi connectivity index (χ0v) is 9.41. The van der Waals surface area contributed by atoms with E-state index in [4.69, 9.17) is 0 Å². The summed E-state index contributed by atoms with van der Waals surface area (Å²) in [6.45, 7) is 2.06. The third kappa shape index (κ3) is 1.37. The quantitative estimate of drug-likeness (QED) is 0.697. The normalized spacial score (nSPS) is 11.1. The van der Waals surface area contributed by atoms with E-state index in [1.54, 1.807) is 17.5 Å². The molecule has 0 aliphatic rings. The Morgan fingerprint density at radius 3 is 3.00 bits per heavy atom. The van der Waals surface area contributed by atoms with Gasteiger partial charge in [0.1, 0.15) is 5.65 Å². The molecule has 0 bridgehead atoms. The predicted octanol–water partition coefficient (Wildman–Crippen LogP) is 2.06. The number of fused-ring (bicyclic) bond motifs is 1. The molecule has 3 rings (SSSR count). The average Bonchev–Trinajstić information content (AvgIpc) is 2.83. The first-order valence-electron chi connectivity index (χ1n) is 4.88. The lowest BCUT2D eigenvalue weighted by molar-refractivity contribution is 1.12. The van der Waals surface area contributed by atoms with Crippen LogP contribution in [0.25, 0.3) is 16.3 Å². The Balaban J connectivity index is 2.29. The van der Waals surface area contributed by atoms with Crippen molar-refractivity contribution < 1.29 is 0 Å². The van der Waals surface area contributed by atoms with Crippen LogP contribution in [0.3, 0.4) is 0 Å². The van der Waals surface area contributed by atoms with Crippen LogP contribution in [-0.4, -0.2) is 14.6 Å². The van der Waals surface area contributed by atoms with Gasteiger partial charge in [-0.2, -0.15) is 5.10 Å². The minimum absolute atomic E-state index is 0.0161. The van der Waals surface area contributed by atoms with Crippen LogP contribution in [0.4, 0.5) is 0 Å². The molecule has 0 saturated heterocycles. The largest absolute Gasteiger partial charge is 0.290 e. The van der Waals surface area contributed by atoms with Gasteiger partial charge in [-0.25, -0.2) is 0 Å². The van der Waals surface area contributed by atoms with E-state index in [1.165, 1.54) is 17.0 Å². The molecule has 0 saturated carbocycles. The monoisotopic (exact) mass is 231 g/mol. The highest BCUT2D eigenvalue weighted by atomic mass is 32.1. The Labute approximate surface area is 95.2 Å². The number of hydrogen-bond acceptors (Lipinski definition) is 3. The highest BCUT2D eigenvalue weighted by molar-refractivity contribution is 7.15. The van der Waals surface area contributed by atoms with Crippen molar-refractivity contribution in [2.75, 3.05) is 0 Å². The lowest BCUT2D eigenvalue weighted by Crippen LogP contribution is -1.98. The van der Waals surface area contributed by atoms with Crippen LogP contribution in [0.2, 0.25) is 0 Å². The molecule has 0 spiro atoms. The predicted molar refractivity (Wildman–Crippen MR) is 63.9 cm³/mol. The maximum absolute atomic E-state index is 11.2. The van der Waals surface area contributed by atoms with Crippen LogP contribution >= 0.6 is 11.3 Å². The highest BCUT2D eigenvalue weighted by Crippen LogP contribution is 2.25. The van der Waals surface area contributed by atoms with Crippen molar-refractivity contribution in [1.29, 1.82) is 0 Å². The Kier molecular flexibility index (Phi) is 1.94. The van der Waals surface area contributed by atoms with Crippen molar-refractivity contribution >= 4 is 17.0 Å². The number of thiophene rings is 1. The SMILES string of the molecule is Cc1ccc(-c2n[nH]c3cc(=O)ccn23)s1. The van der Waals surface area contributed by atoms with Crippen LogP contribution < -0.4 is 5.43 Å². The number of rotatable bonds is 1. The molecule has 0 radical (unpaired) electrons. The number of nitrogens with one attached hydrogen (secondary N) is 1. The van der Waals surface area contributed by atoms with E-state index in [2.05, 4.69) is 23.2 Å². The molecule has 0 aromatic carbocycles. The zero-order chi connectivity index (χ0) is 11.1. The number of aromatic nitrogens is 3. The molecule has 3 aromatic rings. The molecule has 0 atom stereocenters. The van der Waals surface area contributed by atoms with Gasteiger partial charge in [0, 0.05) is 23.2 Å². The van der Waals surface area contributed by atoms with Gasteiger partial charge in [-0.1, -0.05) is 0 Å². The third-order valence-electron chi connectivity index (χ3n) is 2.39. The van der Waals surface area contributed by atoms with Crippen molar-refractivity contribution in [2.24, 2.45) is 0 Å². The molecule has 80 valence electrons. The summed E-state index contributed by atoms with van der Waals surface area (Å²) in [5.74, 6) is 0.841. The van der Waals surface area contributed by atoms with Gasteiger partial charge in [-0.15, -0.1) is 11.3 Å². The van der Waals surface area contributed by atoms with E-state index in [1.807, 2.05) is 10.5 Å². The number of nitrogens with zero attached hydrogens (tertiary/aromatic N) is 2. The summed E-state index contributed by atoms with van der Waals surface area (Å²) >= 11 is 1.68. The van der Waals surface area contributed by atoms with Crippen molar-refractivity contribution in [3.63, 3.8) is 0 Å². The van der Waals surface area contributed by atoms with E-state index in [0.29, 0.717) is 5.65 Å². The molecule has 1 N–H and O–H groups in total. The Bertz CT molecular complexity index is 707. The lowest BCUT2D eigenvalue weighted by Gasteiger charge is -1.94. The summed E-state index contributed by atoms with van der Waals surface area (Å²) in [6.07, 6.45) is 1.74. The molecule has 0 amide bonds. The second kappa shape index (κ2) is 3.31. The van der Waals surface area contributed by atoms with Crippen molar-refractivity contribution in [3.05, 3.63) is 45.6 Å². The first-order valence-corrected chi connectivity index (χ1v) is 5.69. The van der Waals surface area contributed by atoms with E-state index in [-0.39, 0.29) is 5.43 Å². The number of pyridine rings is 1. The number of aryl methyl sites for hydroxylation is 1. The standard InChI is InChI=1S/C11H9N3OS/c1-7-2-3-9(16-7)11-13-12-10-6-8(15)4-5-14(10)11/h2-6,12H,1H3. The van der Waals surface area contributed by atoms with Crippen LogP contribution in [-0.2, 0) is 0 Å². The molecular formula is C11H9N3OS. The lowest BCUT2D eigenvalue weighted by atomic mass is 10.4. The Morgan fingerprint density at radius 1 is 1.38 bits per heavy atom. The van der Waals surface area contributed by atoms with Crippen LogP contribution in [0.5, 0.6) is 0 Å². The van der Waals surface area contributed by atoms with Gasteiger partial charge in [0.2, 0.25) is 0 Å². The van der Waals surface area contributed by atoms with Gasteiger partial charge in [0.05, 0.1) is 4.88 Å². The topological polar surface area (TPSA) is 50.2 Å². The van der Waals surface area contributed by atoms with Gasteiger partial charge in [-0.3, -0.25) is 14.3 Å². The molecule has 0 unspecified atom stereocenters. The molecule has 0 aliphatic heterocycles. The molecule has 0 fully saturated rings. The maximum atomic E-state index is 11.2. The second-order valence-corrected chi connectivity index (χ2v) is 4.86. The Hall–Kier alpha value is -1.88. The summed E-state index contributed by atoms with van der Waals surface area (Å²) in [5.41, 5.74) is 0.700. The van der Waals surface area contributed by atoms with E-state index in [9.17, 15) is 4.79 Å². The van der Waals surface area contributed by atoms with Gasteiger partial charge in [-0.05, 0) is 19.1 Å². The summed E-state index contributed by atoms with van der Waals surface area (Å²) in [5, 5.41) is 7.09. The molecule has 0 aliphatic carbocycles. The fourth-order valence-electron chi connectivity index (χ4n) is 1.64. The first kappa shape index (κ1) is 9.35. The minimum atomic E-state index is -0.0161. The fourth-order valence-corrected chi connectivity index (χ4v) is 2.50. The van der Waals surface area contributed by atoms with Crippen molar-refractivity contribution in [1.82, 2.24) is 14.6 Å². The second-order valence-electron chi connectivity index (χ2n) is 3.58. The van der Waals surface area contributed by atoms with E-state index >= 15 is 0 Å². The number of aromatic amines is 1. The van der Waals surface area contributed by atoms with Gasteiger partial charge >= 0.3 is 0 Å². The fraction of sp³-hybridized carbons (Fsp3) is 0.0909. The molecule has 3 heterocycles. The van der Waals surface area contributed by atoms with E-state index in [0.717, 1.165) is 10.7 Å². The van der Waals surface area contributed by atoms with Crippen LogP contribution in [0.1, 0.15) is 4.88 Å². The van der Waals surface area contributed by atoms with Gasteiger partial charge < -0.3 is 0 Å². The van der Waals surface area contributed by atoms with Crippen molar-refractivity contribution in [2.45, 2.75) is 6.92 Å². The third-order valence-corrected chi connectivity index (χ3v) is 3.39. The van der Waals surface area contributed by atoms with Crippen LogP contribution in [0.15, 0.2) is 35.3 Å². The smallest absolute Gasteiger partial charge is 0.183 e. The molecule has 16 heavy (non-hydrogen) atoms. The average molecular weight is 231 g/mol. The summed E-state index contributed by atoms with van der Waals surface area (Å²) < 4.78 is 1.88. The molecule has 4 nitrogen and oxygen atoms in total. The zero-order valence-electron chi connectivity index (χ0n) is 8.60. The number of H-pyrrole nitrogens is 1. The molecular weight excluding hydrogens is 222 g/mol. The van der Waals surface area contributed by atoms with Gasteiger partial charge in [0.15, 0.2) is 11.3 Å². The summed E-state index contributed by atoms with van der Waals surface area (Å²) in [6, 6.07) is 7.17. The molecule has 3 aromatic heterocycles. The van der Waals surface area contributed by atoms with Crippen molar-refractivity contribution in [3.8, 4) is 10.7 Å². The van der Waals surface area contributed by atoms with E-state index < -0.39 is 0 Å². The van der Waals surface area contributed by atoms with Gasteiger partial charge in [0.25, 0.3) is 0 Å². The maximum Gasteiger partial charge on any atom is 0.183 e. The summed E-state index contributed by atoms with van der Waals surface area (Å²) in [4.78, 5) is 13.5. The summed E-state index contributed by atoms with van der Waals surface area (Å²) in [7, 11) is 0.